The highest BCUT2D eigenvalue weighted by Gasteiger charge is 2.49. The number of aliphatic imine (C=N–C) groups is 1. The van der Waals surface area contributed by atoms with Gasteiger partial charge in [-0.3, -0.25) is 5.32 Å². The monoisotopic (exact) mass is 355 g/mol. The number of aliphatic hydroxyl groups excluding tert-OH is 1. The molecule has 0 aromatic heterocycles. The molecule has 3 rings (SSSR count). The first-order valence-electron chi connectivity index (χ1n) is 7.45. The van der Waals surface area contributed by atoms with Crippen molar-refractivity contribution in [2.45, 2.75) is 18.1 Å². The van der Waals surface area contributed by atoms with E-state index < -0.39 is 17.4 Å². The van der Waals surface area contributed by atoms with Crippen molar-refractivity contribution in [1.29, 1.82) is 0 Å². The van der Waals surface area contributed by atoms with E-state index in [9.17, 15) is 14.3 Å². The predicted molar refractivity (Wildman–Crippen MR) is 88.5 cm³/mol. The molecular formula is C15H18FN3O4S. The highest BCUT2D eigenvalue weighted by molar-refractivity contribution is 8.13. The third-order valence-electron chi connectivity index (χ3n) is 4.36. The van der Waals surface area contributed by atoms with Gasteiger partial charge in [0.1, 0.15) is 11.4 Å². The van der Waals surface area contributed by atoms with Crippen LogP contribution in [-0.2, 0) is 10.3 Å². The lowest BCUT2D eigenvalue weighted by atomic mass is 9.75. The van der Waals surface area contributed by atoms with Gasteiger partial charge in [-0.15, -0.1) is 0 Å². The third kappa shape index (κ3) is 3.06. The topological polar surface area (TPSA) is 117 Å². The highest BCUT2D eigenvalue weighted by Crippen LogP contribution is 2.47. The molecule has 2 heterocycles. The SMILES string of the molecule is Nc1ccc(F)c([C@]23CO[C@@H](CO)C[C@H]2CSC(NC(=O)O)=N3)c1. The summed E-state index contributed by atoms with van der Waals surface area (Å²) in [6, 6.07) is 4.25. The zero-order valence-corrected chi connectivity index (χ0v) is 13.6. The first-order valence-corrected chi connectivity index (χ1v) is 8.43. The molecule has 0 aliphatic carbocycles. The van der Waals surface area contributed by atoms with Crippen molar-refractivity contribution in [3.63, 3.8) is 0 Å². The second-order valence-corrected chi connectivity index (χ2v) is 6.88. The number of nitrogens with one attached hydrogen (secondary N) is 1. The Bertz CT molecular complexity index is 687. The van der Waals surface area contributed by atoms with E-state index in [2.05, 4.69) is 10.3 Å². The number of nitrogen functional groups attached to an aromatic ring is 1. The number of amides is 1. The normalized spacial score (nSPS) is 29.5. The maximum Gasteiger partial charge on any atom is 0.410 e. The van der Waals surface area contributed by atoms with Crippen LogP contribution in [0.2, 0.25) is 0 Å². The molecule has 1 aromatic rings. The van der Waals surface area contributed by atoms with Crippen molar-refractivity contribution in [3.05, 3.63) is 29.6 Å². The molecule has 0 spiro atoms. The fraction of sp³-hybridized carbons (Fsp3) is 0.467. The number of fused-ring (bicyclic) bond motifs is 1. The van der Waals surface area contributed by atoms with Crippen molar-refractivity contribution < 1.29 is 24.1 Å². The molecule has 2 aliphatic rings. The number of thioether (sulfide) groups is 1. The molecule has 1 saturated heterocycles. The van der Waals surface area contributed by atoms with Crippen LogP contribution in [0.3, 0.4) is 0 Å². The minimum absolute atomic E-state index is 0.0502. The number of nitrogens with two attached hydrogens (primary N) is 1. The summed E-state index contributed by atoms with van der Waals surface area (Å²) < 4.78 is 20.2. The number of carboxylic acid groups (broad SMARTS) is 1. The molecule has 1 aromatic carbocycles. The standard InChI is InChI=1S/C15H18FN3O4S/c16-12-2-1-9(17)4-11(12)15-7-23-10(5-20)3-8(15)6-24-13(19-15)18-14(21)22/h1-2,4,8,10,20H,3,5-7,17H2,(H,18,19)(H,21,22)/t8-,10+,15-/m0/s1. The number of hydrogen-bond donors (Lipinski definition) is 4. The summed E-state index contributed by atoms with van der Waals surface area (Å²) >= 11 is 1.26. The minimum Gasteiger partial charge on any atom is -0.465 e. The van der Waals surface area contributed by atoms with E-state index in [1.807, 2.05) is 0 Å². The summed E-state index contributed by atoms with van der Waals surface area (Å²) in [5.74, 6) is -0.0395. The van der Waals surface area contributed by atoms with Gasteiger partial charge in [0.15, 0.2) is 5.17 Å². The van der Waals surface area contributed by atoms with Crippen LogP contribution in [0.15, 0.2) is 23.2 Å². The molecule has 24 heavy (non-hydrogen) atoms. The molecule has 0 radical (unpaired) electrons. The van der Waals surface area contributed by atoms with E-state index in [-0.39, 0.29) is 36.0 Å². The Morgan fingerprint density at radius 1 is 1.58 bits per heavy atom. The lowest BCUT2D eigenvalue weighted by Gasteiger charge is -2.46. The Balaban J connectivity index is 2.08. The lowest BCUT2D eigenvalue weighted by Crippen LogP contribution is -2.51. The molecule has 0 saturated carbocycles. The smallest absolute Gasteiger partial charge is 0.410 e. The number of benzene rings is 1. The maximum absolute atomic E-state index is 14.5. The average molecular weight is 355 g/mol. The number of nitrogens with zero attached hydrogens (tertiary/aromatic N) is 1. The summed E-state index contributed by atoms with van der Waals surface area (Å²) in [6.45, 7) is -0.0742. The van der Waals surface area contributed by atoms with Gasteiger partial charge >= 0.3 is 6.09 Å². The zero-order valence-electron chi connectivity index (χ0n) is 12.7. The van der Waals surface area contributed by atoms with Crippen LogP contribution in [0.25, 0.3) is 0 Å². The second kappa shape index (κ2) is 6.58. The first-order chi connectivity index (χ1) is 11.4. The van der Waals surface area contributed by atoms with Crippen LogP contribution in [0.4, 0.5) is 14.9 Å². The number of aliphatic hydroxyl groups is 1. The molecule has 130 valence electrons. The van der Waals surface area contributed by atoms with E-state index in [0.717, 1.165) is 0 Å². The van der Waals surface area contributed by atoms with Gasteiger partial charge < -0.3 is 20.7 Å². The quantitative estimate of drug-likeness (QED) is 0.595. The van der Waals surface area contributed by atoms with Crippen LogP contribution in [-0.4, -0.2) is 46.5 Å². The zero-order chi connectivity index (χ0) is 17.3. The Hall–Kier alpha value is -1.84. The Kier molecular flexibility index (Phi) is 4.66. The van der Waals surface area contributed by atoms with Crippen molar-refractivity contribution in [2.75, 3.05) is 24.7 Å². The van der Waals surface area contributed by atoms with Crippen molar-refractivity contribution in [2.24, 2.45) is 10.9 Å². The van der Waals surface area contributed by atoms with E-state index in [4.69, 9.17) is 15.6 Å². The fourth-order valence-electron chi connectivity index (χ4n) is 3.18. The van der Waals surface area contributed by atoms with E-state index in [1.54, 1.807) is 0 Å². The summed E-state index contributed by atoms with van der Waals surface area (Å²) in [5, 5.41) is 20.7. The van der Waals surface area contributed by atoms with Gasteiger partial charge in [-0.2, -0.15) is 0 Å². The van der Waals surface area contributed by atoms with E-state index >= 15 is 0 Å². The van der Waals surface area contributed by atoms with E-state index in [1.165, 1.54) is 30.0 Å². The van der Waals surface area contributed by atoms with Gasteiger partial charge in [-0.25, -0.2) is 14.2 Å². The first kappa shape index (κ1) is 17.0. The fourth-order valence-corrected chi connectivity index (χ4v) is 4.34. The molecule has 2 aliphatic heterocycles. The number of ether oxygens (including phenoxy) is 1. The molecular weight excluding hydrogens is 337 g/mol. The van der Waals surface area contributed by atoms with Crippen LogP contribution in [0.5, 0.6) is 0 Å². The van der Waals surface area contributed by atoms with Crippen molar-refractivity contribution in [1.82, 2.24) is 5.32 Å². The van der Waals surface area contributed by atoms with Crippen molar-refractivity contribution in [3.8, 4) is 0 Å². The Labute approximate surface area is 142 Å². The van der Waals surface area contributed by atoms with Gasteiger partial charge in [0.05, 0.1) is 19.3 Å². The van der Waals surface area contributed by atoms with Crippen LogP contribution < -0.4 is 11.1 Å². The molecule has 9 heteroatoms. The summed E-state index contributed by atoms with van der Waals surface area (Å²) in [6.07, 6.45) is -1.06. The lowest BCUT2D eigenvalue weighted by molar-refractivity contribution is -0.0771. The number of rotatable bonds is 2. The molecule has 7 nitrogen and oxygen atoms in total. The van der Waals surface area contributed by atoms with Crippen LogP contribution >= 0.6 is 11.8 Å². The molecule has 1 fully saturated rings. The van der Waals surface area contributed by atoms with Gasteiger partial charge in [-0.1, -0.05) is 11.8 Å². The molecule has 0 unspecified atom stereocenters. The van der Waals surface area contributed by atoms with E-state index in [0.29, 0.717) is 17.9 Å². The minimum atomic E-state index is -1.23. The van der Waals surface area contributed by atoms with Crippen LogP contribution in [0, 0.1) is 11.7 Å². The van der Waals surface area contributed by atoms with Gasteiger partial charge in [0.2, 0.25) is 0 Å². The Morgan fingerprint density at radius 2 is 2.38 bits per heavy atom. The predicted octanol–water partition coefficient (Wildman–Crippen LogP) is 1.37. The van der Waals surface area contributed by atoms with Gasteiger partial charge in [-0.05, 0) is 24.6 Å². The highest BCUT2D eigenvalue weighted by atomic mass is 32.2. The summed E-state index contributed by atoms with van der Waals surface area (Å²) in [4.78, 5) is 15.4. The third-order valence-corrected chi connectivity index (χ3v) is 5.39. The number of anilines is 1. The number of hydrogen-bond acceptors (Lipinski definition) is 6. The molecule has 5 N–H and O–H groups in total. The molecule has 0 bridgehead atoms. The van der Waals surface area contributed by atoms with Gasteiger partial charge in [0, 0.05) is 22.9 Å². The second-order valence-electron chi connectivity index (χ2n) is 5.87. The maximum atomic E-state index is 14.5. The van der Waals surface area contributed by atoms with Crippen molar-refractivity contribution >= 4 is 28.7 Å². The number of amidine groups is 1. The van der Waals surface area contributed by atoms with Gasteiger partial charge in [0.25, 0.3) is 0 Å². The Morgan fingerprint density at radius 3 is 3.08 bits per heavy atom. The molecule has 3 atom stereocenters. The summed E-state index contributed by atoms with van der Waals surface area (Å²) in [5.41, 5.74) is 5.43. The number of halogens is 1. The summed E-state index contributed by atoms with van der Waals surface area (Å²) in [7, 11) is 0. The number of carbonyl (C=O) groups is 1. The average Bonchev–Trinajstić information content (AvgIpc) is 2.55. The van der Waals surface area contributed by atoms with Crippen LogP contribution in [0.1, 0.15) is 12.0 Å². The largest absolute Gasteiger partial charge is 0.465 e. The molecule has 1 amide bonds.